The lowest BCUT2D eigenvalue weighted by Gasteiger charge is -2.15. The van der Waals surface area contributed by atoms with Crippen LogP contribution in [0.1, 0.15) is 21.0 Å². The van der Waals surface area contributed by atoms with E-state index in [9.17, 15) is 9.59 Å². The van der Waals surface area contributed by atoms with Crippen LogP contribution in [-0.2, 0) is 9.53 Å². The predicted molar refractivity (Wildman–Crippen MR) is 76.9 cm³/mol. The third-order valence-electron chi connectivity index (χ3n) is 3.20. The van der Waals surface area contributed by atoms with Crippen LogP contribution in [-0.4, -0.2) is 48.7 Å². The molecule has 108 valence electrons. The number of nitrogens with zero attached hydrogens (tertiary/aromatic N) is 1. The second kappa shape index (κ2) is 6.67. The highest BCUT2D eigenvalue weighted by Gasteiger charge is 2.27. The molecule has 1 aliphatic rings. The van der Waals surface area contributed by atoms with Crippen LogP contribution in [0.2, 0.25) is 0 Å². The van der Waals surface area contributed by atoms with E-state index in [0.717, 1.165) is 30.5 Å². The van der Waals surface area contributed by atoms with Gasteiger partial charge in [0.05, 0.1) is 11.5 Å². The first-order valence-corrected chi connectivity index (χ1v) is 7.21. The van der Waals surface area contributed by atoms with Crippen LogP contribution in [0, 0.1) is 5.92 Å². The van der Waals surface area contributed by atoms with E-state index in [1.807, 2.05) is 4.90 Å². The number of methoxy groups -OCH3 is 1. The first-order chi connectivity index (χ1) is 9.60. The minimum atomic E-state index is -0.992. The second-order valence-electron chi connectivity index (χ2n) is 4.73. The van der Waals surface area contributed by atoms with Gasteiger partial charge in [-0.25, -0.2) is 4.79 Å². The quantitative estimate of drug-likeness (QED) is 0.843. The van der Waals surface area contributed by atoms with Gasteiger partial charge in [0.15, 0.2) is 0 Å². The monoisotopic (exact) mass is 295 g/mol. The van der Waals surface area contributed by atoms with Crippen molar-refractivity contribution in [3.05, 3.63) is 28.0 Å². The molecule has 1 N–H and O–H groups in total. The molecule has 1 amide bonds. The van der Waals surface area contributed by atoms with Crippen molar-refractivity contribution in [2.75, 3.05) is 26.8 Å². The fourth-order valence-corrected chi connectivity index (χ4v) is 3.13. The largest absolute Gasteiger partial charge is 0.478 e. The van der Waals surface area contributed by atoms with Crippen molar-refractivity contribution >= 4 is 29.3 Å². The molecule has 0 saturated carbocycles. The van der Waals surface area contributed by atoms with Crippen molar-refractivity contribution in [1.82, 2.24) is 4.90 Å². The van der Waals surface area contributed by atoms with Crippen LogP contribution < -0.4 is 0 Å². The van der Waals surface area contributed by atoms with Gasteiger partial charge in [-0.3, -0.25) is 4.79 Å². The van der Waals surface area contributed by atoms with Crippen molar-refractivity contribution in [2.24, 2.45) is 5.92 Å². The summed E-state index contributed by atoms with van der Waals surface area (Å²) in [6.07, 6.45) is 3.54. The number of amides is 1. The maximum Gasteiger partial charge on any atom is 0.328 e. The third kappa shape index (κ3) is 3.68. The van der Waals surface area contributed by atoms with E-state index in [4.69, 9.17) is 9.84 Å². The number of ether oxygens (including phenoxy) is 1. The van der Waals surface area contributed by atoms with Gasteiger partial charge in [0.25, 0.3) is 5.91 Å². The fourth-order valence-electron chi connectivity index (χ4n) is 2.26. The first-order valence-electron chi connectivity index (χ1n) is 6.39. The Bertz CT molecular complexity index is 523. The molecule has 0 bridgehead atoms. The highest BCUT2D eigenvalue weighted by molar-refractivity contribution is 7.14. The summed E-state index contributed by atoms with van der Waals surface area (Å²) >= 11 is 1.31. The van der Waals surface area contributed by atoms with E-state index in [2.05, 4.69) is 0 Å². The molecule has 5 nitrogen and oxygen atoms in total. The summed E-state index contributed by atoms with van der Waals surface area (Å²) in [6, 6.07) is 3.51. The summed E-state index contributed by atoms with van der Waals surface area (Å²) in [5.41, 5.74) is 0. The number of carbonyl (C=O) groups is 2. The lowest BCUT2D eigenvalue weighted by atomic mass is 10.1. The van der Waals surface area contributed by atoms with E-state index in [0.29, 0.717) is 17.4 Å². The summed E-state index contributed by atoms with van der Waals surface area (Å²) in [5, 5.41) is 8.57. The molecule has 2 heterocycles. The van der Waals surface area contributed by atoms with Gasteiger partial charge in [-0.2, -0.15) is 0 Å². The maximum atomic E-state index is 12.3. The average molecular weight is 295 g/mol. The first kappa shape index (κ1) is 14.7. The number of hydrogen-bond acceptors (Lipinski definition) is 4. The molecule has 1 fully saturated rings. The molecular weight excluding hydrogens is 278 g/mol. The number of rotatable bonds is 5. The number of hydrogen-bond donors (Lipinski definition) is 1. The number of thiophene rings is 1. The molecule has 0 radical (unpaired) electrons. The lowest BCUT2D eigenvalue weighted by molar-refractivity contribution is -0.131. The zero-order valence-corrected chi connectivity index (χ0v) is 12.1. The molecule has 1 aromatic rings. The zero-order valence-electron chi connectivity index (χ0n) is 11.2. The SMILES string of the molecule is COCC1CCN(C(=O)c2ccc(C=CC(=O)O)s2)C1. The van der Waals surface area contributed by atoms with E-state index in [-0.39, 0.29) is 5.91 Å². The van der Waals surface area contributed by atoms with E-state index < -0.39 is 5.97 Å². The summed E-state index contributed by atoms with van der Waals surface area (Å²) in [7, 11) is 1.67. The van der Waals surface area contributed by atoms with Gasteiger partial charge in [0.2, 0.25) is 0 Å². The van der Waals surface area contributed by atoms with Crippen LogP contribution in [0.3, 0.4) is 0 Å². The van der Waals surface area contributed by atoms with E-state index >= 15 is 0 Å². The molecule has 1 saturated heterocycles. The number of carboxylic acids is 1. The Morgan fingerprint density at radius 2 is 2.35 bits per heavy atom. The summed E-state index contributed by atoms with van der Waals surface area (Å²) in [6.45, 7) is 2.16. The Labute approximate surface area is 121 Å². The molecule has 0 aliphatic carbocycles. The van der Waals surface area contributed by atoms with Crippen LogP contribution in [0.15, 0.2) is 18.2 Å². The third-order valence-corrected chi connectivity index (χ3v) is 4.24. The van der Waals surface area contributed by atoms with Crippen molar-refractivity contribution < 1.29 is 19.4 Å². The Hall–Kier alpha value is -1.66. The van der Waals surface area contributed by atoms with Gasteiger partial charge in [0.1, 0.15) is 0 Å². The Kier molecular flexibility index (Phi) is 4.92. The molecule has 1 atom stereocenters. The molecule has 20 heavy (non-hydrogen) atoms. The number of carbonyl (C=O) groups excluding carboxylic acids is 1. The van der Waals surface area contributed by atoms with E-state index in [1.165, 1.54) is 17.4 Å². The van der Waals surface area contributed by atoms with Crippen LogP contribution in [0.4, 0.5) is 0 Å². The minimum absolute atomic E-state index is 0.0172. The predicted octanol–water partition coefficient (Wildman–Crippen LogP) is 1.95. The molecular formula is C14H17NO4S. The van der Waals surface area contributed by atoms with Gasteiger partial charge < -0.3 is 14.7 Å². The molecule has 2 rings (SSSR count). The molecule has 0 aromatic carbocycles. The lowest BCUT2D eigenvalue weighted by Crippen LogP contribution is -2.28. The van der Waals surface area contributed by atoms with Crippen molar-refractivity contribution in [1.29, 1.82) is 0 Å². The Morgan fingerprint density at radius 3 is 3.05 bits per heavy atom. The topological polar surface area (TPSA) is 66.8 Å². The fraction of sp³-hybridized carbons (Fsp3) is 0.429. The van der Waals surface area contributed by atoms with Crippen LogP contribution >= 0.6 is 11.3 Å². The average Bonchev–Trinajstić information content (AvgIpc) is 3.05. The summed E-state index contributed by atoms with van der Waals surface area (Å²) < 4.78 is 5.12. The standard InChI is InChI=1S/C14H17NO4S/c1-19-9-10-6-7-15(8-10)14(18)12-4-2-11(20-12)3-5-13(16)17/h2-5,10H,6-9H2,1H3,(H,16,17). The zero-order chi connectivity index (χ0) is 14.5. The van der Waals surface area contributed by atoms with Gasteiger partial charge in [-0.1, -0.05) is 0 Å². The summed E-state index contributed by atoms with van der Waals surface area (Å²) in [4.78, 5) is 26.0. The van der Waals surface area contributed by atoms with Gasteiger partial charge in [-0.05, 0) is 24.6 Å². The molecule has 1 aromatic heterocycles. The Balaban J connectivity index is 1.98. The number of aliphatic carboxylic acids is 1. The smallest absolute Gasteiger partial charge is 0.328 e. The van der Waals surface area contributed by atoms with Crippen LogP contribution in [0.5, 0.6) is 0 Å². The minimum Gasteiger partial charge on any atom is -0.478 e. The molecule has 0 spiro atoms. The van der Waals surface area contributed by atoms with E-state index in [1.54, 1.807) is 19.2 Å². The number of likely N-dealkylation sites (tertiary alicyclic amines) is 1. The van der Waals surface area contributed by atoms with Crippen molar-refractivity contribution in [2.45, 2.75) is 6.42 Å². The van der Waals surface area contributed by atoms with Crippen molar-refractivity contribution in [3.63, 3.8) is 0 Å². The Morgan fingerprint density at radius 1 is 1.55 bits per heavy atom. The highest BCUT2D eigenvalue weighted by atomic mass is 32.1. The number of carboxylic acid groups (broad SMARTS) is 1. The van der Waals surface area contributed by atoms with Gasteiger partial charge in [-0.15, -0.1) is 11.3 Å². The summed E-state index contributed by atoms with van der Waals surface area (Å²) in [5.74, 6) is -0.563. The van der Waals surface area contributed by atoms with Gasteiger partial charge in [0, 0.05) is 37.1 Å². The van der Waals surface area contributed by atoms with Gasteiger partial charge >= 0.3 is 5.97 Å². The molecule has 1 unspecified atom stereocenters. The molecule has 1 aliphatic heterocycles. The second-order valence-corrected chi connectivity index (χ2v) is 5.85. The van der Waals surface area contributed by atoms with Crippen molar-refractivity contribution in [3.8, 4) is 0 Å². The highest BCUT2D eigenvalue weighted by Crippen LogP contribution is 2.23. The molecule has 6 heteroatoms. The van der Waals surface area contributed by atoms with Crippen LogP contribution in [0.25, 0.3) is 6.08 Å². The normalized spacial score (nSPS) is 18.9. The maximum absolute atomic E-state index is 12.3.